The molecule has 1 aromatic carbocycles. The minimum absolute atomic E-state index is 0.0903. The molecule has 0 fully saturated rings. The Bertz CT molecular complexity index is 624. The Labute approximate surface area is 121 Å². The molecule has 1 atom stereocenters. The van der Waals surface area contributed by atoms with Crippen LogP contribution in [-0.4, -0.2) is 17.4 Å². The highest BCUT2D eigenvalue weighted by molar-refractivity contribution is 7.09. The van der Waals surface area contributed by atoms with Crippen LogP contribution < -0.4 is 5.32 Å². The smallest absolute Gasteiger partial charge is 0.254 e. The predicted molar refractivity (Wildman–Crippen MR) is 78.7 cm³/mol. The number of halogens is 1. The Morgan fingerprint density at radius 1 is 1.45 bits per heavy atom. The number of carbonyl (C=O) groups is 1. The minimum atomic E-state index is -0.495. The van der Waals surface area contributed by atoms with Crippen molar-refractivity contribution in [2.24, 2.45) is 0 Å². The molecule has 0 bridgehead atoms. The van der Waals surface area contributed by atoms with Crippen LogP contribution >= 0.6 is 11.3 Å². The number of nitrogens with one attached hydrogen (secondary N) is 1. The van der Waals surface area contributed by atoms with Gasteiger partial charge in [-0.1, -0.05) is 18.6 Å². The number of carbonyl (C=O) groups excluding carboxylic acids is 1. The van der Waals surface area contributed by atoms with Gasteiger partial charge in [0.1, 0.15) is 5.82 Å². The third-order valence-corrected chi connectivity index (χ3v) is 4.19. The van der Waals surface area contributed by atoms with E-state index in [9.17, 15) is 9.18 Å². The molecule has 0 spiro atoms. The van der Waals surface area contributed by atoms with E-state index < -0.39 is 5.82 Å². The van der Waals surface area contributed by atoms with Gasteiger partial charge in [0.2, 0.25) is 0 Å². The molecule has 3 nitrogen and oxygen atoms in total. The number of aromatic nitrogens is 1. The van der Waals surface area contributed by atoms with Gasteiger partial charge >= 0.3 is 0 Å². The fraction of sp³-hybridized carbons (Fsp3) is 0.333. The predicted octanol–water partition coefficient (Wildman–Crippen LogP) is 3.43. The van der Waals surface area contributed by atoms with Crippen molar-refractivity contribution in [2.75, 3.05) is 6.54 Å². The summed E-state index contributed by atoms with van der Waals surface area (Å²) >= 11 is 1.57. The fourth-order valence-electron chi connectivity index (χ4n) is 1.84. The van der Waals surface area contributed by atoms with Crippen molar-refractivity contribution < 1.29 is 9.18 Å². The second-order valence-electron chi connectivity index (χ2n) is 4.92. The maximum atomic E-state index is 13.6. The van der Waals surface area contributed by atoms with Crippen LogP contribution in [0.3, 0.4) is 0 Å². The summed E-state index contributed by atoms with van der Waals surface area (Å²) in [5.41, 5.74) is 1.93. The Balaban J connectivity index is 2.00. The Hall–Kier alpha value is -1.75. The summed E-state index contributed by atoms with van der Waals surface area (Å²) in [5, 5.41) is 5.72. The summed E-state index contributed by atoms with van der Waals surface area (Å²) in [6.07, 6.45) is 0. The van der Waals surface area contributed by atoms with Crippen LogP contribution in [0.1, 0.15) is 39.5 Å². The van der Waals surface area contributed by atoms with Crippen molar-refractivity contribution >= 4 is 17.2 Å². The number of nitrogens with zero attached hydrogens (tertiary/aromatic N) is 1. The summed E-state index contributed by atoms with van der Waals surface area (Å²) in [6, 6.07) is 4.52. The minimum Gasteiger partial charge on any atom is -0.351 e. The maximum absolute atomic E-state index is 13.6. The first-order valence-corrected chi connectivity index (χ1v) is 7.31. The molecule has 106 valence electrons. The zero-order chi connectivity index (χ0) is 14.7. The summed E-state index contributed by atoms with van der Waals surface area (Å²) in [4.78, 5) is 16.4. The number of benzene rings is 1. The lowest BCUT2D eigenvalue weighted by molar-refractivity contribution is 0.0947. The maximum Gasteiger partial charge on any atom is 0.254 e. The summed E-state index contributed by atoms with van der Waals surface area (Å²) in [6.45, 7) is 6.20. The van der Waals surface area contributed by atoms with Gasteiger partial charge in [0.15, 0.2) is 0 Å². The van der Waals surface area contributed by atoms with Gasteiger partial charge in [0, 0.05) is 23.5 Å². The number of thiazole rings is 1. The molecule has 1 heterocycles. The molecule has 1 aromatic heterocycles. The summed E-state index contributed by atoms with van der Waals surface area (Å²) in [7, 11) is 0. The fourth-order valence-corrected chi connectivity index (χ4v) is 2.70. The van der Waals surface area contributed by atoms with Gasteiger partial charge in [-0.3, -0.25) is 4.79 Å². The zero-order valence-corrected chi connectivity index (χ0v) is 12.6. The standard InChI is InChI=1S/C15H17FN2OS/c1-9-4-5-13(16)12(6-9)14(19)17-7-10(2)15-18-11(3)8-20-15/h4-6,8,10H,7H2,1-3H3,(H,17,19). The van der Waals surface area contributed by atoms with E-state index in [1.165, 1.54) is 6.07 Å². The van der Waals surface area contributed by atoms with Crippen molar-refractivity contribution in [1.82, 2.24) is 10.3 Å². The summed E-state index contributed by atoms with van der Waals surface area (Å²) in [5.74, 6) is -0.761. The van der Waals surface area contributed by atoms with E-state index in [-0.39, 0.29) is 17.4 Å². The first kappa shape index (κ1) is 14.7. The van der Waals surface area contributed by atoms with Gasteiger partial charge in [0.25, 0.3) is 5.91 Å². The Morgan fingerprint density at radius 2 is 2.20 bits per heavy atom. The van der Waals surface area contributed by atoms with Gasteiger partial charge in [-0.05, 0) is 26.0 Å². The lowest BCUT2D eigenvalue weighted by Gasteiger charge is -2.11. The topological polar surface area (TPSA) is 42.0 Å². The van der Waals surface area contributed by atoms with Crippen LogP contribution in [0.4, 0.5) is 4.39 Å². The third-order valence-electron chi connectivity index (χ3n) is 2.99. The molecule has 0 aliphatic rings. The molecule has 2 rings (SSSR count). The van der Waals surface area contributed by atoms with Crippen LogP contribution in [0.2, 0.25) is 0 Å². The van der Waals surface area contributed by atoms with Crippen molar-refractivity contribution in [1.29, 1.82) is 0 Å². The molecular weight excluding hydrogens is 275 g/mol. The zero-order valence-electron chi connectivity index (χ0n) is 11.7. The SMILES string of the molecule is Cc1ccc(F)c(C(=O)NCC(C)c2nc(C)cs2)c1. The van der Waals surface area contributed by atoms with E-state index in [1.807, 2.05) is 26.2 Å². The van der Waals surface area contributed by atoms with Crippen LogP contribution in [0.15, 0.2) is 23.6 Å². The molecule has 0 aliphatic heterocycles. The van der Waals surface area contributed by atoms with Gasteiger partial charge in [-0.25, -0.2) is 9.37 Å². The quantitative estimate of drug-likeness (QED) is 0.938. The average molecular weight is 292 g/mol. The number of hydrogen-bond acceptors (Lipinski definition) is 3. The van der Waals surface area contributed by atoms with E-state index in [1.54, 1.807) is 23.5 Å². The highest BCUT2D eigenvalue weighted by Crippen LogP contribution is 2.19. The van der Waals surface area contributed by atoms with E-state index in [2.05, 4.69) is 10.3 Å². The molecule has 0 saturated heterocycles. The second kappa shape index (κ2) is 6.13. The highest BCUT2D eigenvalue weighted by Gasteiger charge is 2.14. The van der Waals surface area contributed by atoms with Crippen LogP contribution in [0, 0.1) is 19.7 Å². The monoisotopic (exact) mass is 292 g/mol. The first-order chi connectivity index (χ1) is 9.47. The highest BCUT2D eigenvalue weighted by atomic mass is 32.1. The number of amides is 1. The van der Waals surface area contributed by atoms with Crippen LogP contribution in [-0.2, 0) is 0 Å². The van der Waals surface area contributed by atoms with Crippen LogP contribution in [0.5, 0.6) is 0 Å². The molecule has 20 heavy (non-hydrogen) atoms. The number of rotatable bonds is 4. The lowest BCUT2D eigenvalue weighted by atomic mass is 10.1. The van der Waals surface area contributed by atoms with Gasteiger partial charge in [0.05, 0.1) is 10.6 Å². The summed E-state index contributed by atoms with van der Waals surface area (Å²) < 4.78 is 13.6. The van der Waals surface area contributed by atoms with Crippen LogP contribution in [0.25, 0.3) is 0 Å². The van der Waals surface area contributed by atoms with Crippen molar-refractivity contribution in [2.45, 2.75) is 26.7 Å². The largest absolute Gasteiger partial charge is 0.351 e. The van der Waals surface area contributed by atoms with E-state index in [0.29, 0.717) is 6.54 Å². The molecule has 1 N–H and O–H groups in total. The van der Waals surface area contributed by atoms with E-state index in [0.717, 1.165) is 16.3 Å². The number of hydrogen-bond donors (Lipinski definition) is 1. The normalized spacial score (nSPS) is 12.2. The van der Waals surface area contributed by atoms with Gasteiger partial charge in [-0.15, -0.1) is 11.3 Å². The Morgan fingerprint density at radius 3 is 2.85 bits per heavy atom. The van der Waals surface area contributed by atoms with Crippen molar-refractivity contribution in [3.8, 4) is 0 Å². The average Bonchev–Trinajstić information content (AvgIpc) is 2.85. The molecule has 0 radical (unpaired) electrons. The molecule has 0 aliphatic carbocycles. The number of aryl methyl sites for hydroxylation is 2. The first-order valence-electron chi connectivity index (χ1n) is 6.43. The molecule has 2 aromatic rings. The Kier molecular flexibility index (Phi) is 4.49. The molecule has 5 heteroatoms. The molecule has 0 saturated carbocycles. The van der Waals surface area contributed by atoms with E-state index >= 15 is 0 Å². The van der Waals surface area contributed by atoms with E-state index in [4.69, 9.17) is 0 Å². The third kappa shape index (κ3) is 3.42. The molecular formula is C15H17FN2OS. The molecule has 1 unspecified atom stereocenters. The second-order valence-corrected chi connectivity index (χ2v) is 5.81. The van der Waals surface area contributed by atoms with Gasteiger partial charge in [-0.2, -0.15) is 0 Å². The van der Waals surface area contributed by atoms with Gasteiger partial charge < -0.3 is 5.32 Å². The van der Waals surface area contributed by atoms with Crippen molar-refractivity contribution in [3.63, 3.8) is 0 Å². The molecule has 1 amide bonds. The van der Waals surface area contributed by atoms with Crippen molar-refractivity contribution in [3.05, 3.63) is 51.2 Å². The lowest BCUT2D eigenvalue weighted by Crippen LogP contribution is -2.28.